The van der Waals surface area contributed by atoms with Gasteiger partial charge in [0.15, 0.2) is 0 Å². The van der Waals surface area contributed by atoms with Crippen molar-refractivity contribution in [3.05, 3.63) is 11.9 Å². The first-order valence-corrected chi connectivity index (χ1v) is 7.31. The van der Waals surface area contributed by atoms with Gasteiger partial charge in [0.25, 0.3) is 0 Å². The van der Waals surface area contributed by atoms with E-state index in [0.29, 0.717) is 11.8 Å². The molecule has 0 saturated carbocycles. The van der Waals surface area contributed by atoms with Crippen molar-refractivity contribution in [1.29, 1.82) is 0 Å². The van der Waals surface area contributed by atoms with E-state index in [9.17, 15) is 0 Å². The van der Waals surface area contributed by atoms with E-state index in [0.717, 1.165) is 30.4 Å². The number of anilines is 1. The zero-order chi connectivity index (χ0) is 14.3. The summed E-state index contributed by atoms with van der Waals surface area (Å²) in [6.07, 6.45) is 3.94. The van der Waals surface area contributed by atoms with Gasteiger partial charge in [0.1, 0.15) is 12.1 Å². The molecule has 1 atom stereocenters. The fraction of sp³-hybridized carbons (Fsp3) is 0.733. The van der Waals surface area contributed by atoms with Gasteiger partial charge in [0.05, 0.1) is 12.2 Å². The molecule has 0 spiro atoms. The highest BCUT2D eigenvalue weighted by Crippen LogP contribution is 2.30. The number of aromatic nitrogens is 2. The summed E-state index contributed by atoms with van der Waals surface area (Å²) in [4.78, 5) is 8.61. The lowest BCUT2D eigenvalue weighted by Gasteiger charge is -2.18. The highest BCUT2D eigenvalue weighted by Gasteiger charge is 2.16. The number of rotatable bonds is 8. The van der Waals surface area contributed by atoms with E-state index in [4.69, 9.17) is 4.74 Å². The van der Waals surface area contributed by atoms with Gasteiger partial charge in [-0.1, -0.05) is 34.1 Å². The van der Waals surface area contributed by atoms with Crippen molar-refractivity contribution in [2.45, 2.75) is 53.4 Å². The van der Waals surface area contributed by atoms with Crippen LogP contribution in [0.1, 0.15) is 58.9 Å². The molecule has 0 radical (unpaired) electrons. The van der Waals surface area contributed by atoms with Gasteiger partial charge in [-0.2, -0.15) is 0 Å². The fourth-order valence-electron chi connectivity index (χ4n) is 2.12. The van der Waals surface area contributed by atoms with Gasteiger partial charge in [-0.05, 0) is 25.2 Å². The quantitative estimate of drug-likeness (QED) is 0.775. The minimum Gasteiger partial charge on any atom is -0.477 e. The van der Waals surface area contributed by atoms with Crippen LogP contribution >= 0.6 is 0 Å². The maximum atomic E-state index is 5.91. The lowest BCUT2D eigenvalue weighted by molar-refractivity contribution is 0.240. The third kappa shape index (κ3) is 4.69. The fourth-order valence-corrected chi connectivity index (χ4v) is 2.12. The molecule has 1 heterocycles. The van der Waals surface area contributed by atoms with E-state index in [1.807, 2.05) is 0 Å². The van der Waals surface area contributed by atoms with Crippen LogP contribution in [0, 0.1) is 5.92 Å². The van der Waals surface area contributed by atoms with Gasteiger partial charge in [0.2, 0.25) is 5.88 Å². The van der Waals surface area contributed by atoms with Gasteiger partial charge < -0.3 is 10.1 Å². The Morgan fingerprint density at radius 3 is 2.53 bits per heavy atom. The molecule has 4 nitrogen and oxygen atoms in total. The van der Waals surface area contributed by atoms with E-state index in [1.54, 1.807) is 6.33 Å². The predicted molar refractivity (Wildman–Crippen MR) is 79.9 cm³/mol. The van der Waals surface area contributed by atoms with Crippen LogP contribution in [0.5, 0.6) is 5.88 Å². The summed E-state index contributed by atoms with van der Waals surface area (Å²) in [7, 11) is 0. The summed E-state index contributed by atoms with van der Waals surface area (Å²) in [5, 5.41) is 3.28. The molecule has 1 N–H and O–H groups in total. The molecule has 0 aliphatic heterocycles. The molecule has 4 heteroatoms. The lowest BCUT2D eigenvalue weighted by Crippen LogP contribution is -2.13. The average molecular weight is 265 g/mol. The Kier molecular flexibility index (Phi) is 6.60. The molecule has 0 fully saturated rings. The second kappa shape index (κ2) is 7.97. The Morgan fingerprint density at radius 2 is 1.95 bits per heavy atom. The Bertz CT molecular complexity index is 380. The van der Waals surface area contributed by atoms with Gasteiger partial charge in [-0.3, -0.25) is 0 Å². The summed E-state index contributed by atoms with van der Waals surface area (Å²) >= 11 is 0. The standard InChI is InChI=1S/C15H27N3O/c1-6-8-12(5)9-19-15-13(11(3)4)14(16-7-2)17-10-18-15/h10-12H,6-9H2,1-5H3,(H,16,17,18). The normalized spacial score (nSPS) is 12.5. The molecule has 0 aliphatic rings. The zero-order valence-corrected chi connectivity index (χ0v) is 12.9. The summed E-state index contributed by atoms with van der Waals surface area (Å²) in [5.74, 6) is 2.52. The van der Waals surface area contributed by atoms with E-state index >= 15 is 0 Å². The average Bonchev–Trinajstić information content (AvgIpc) is 2.37. The molecule has 0 amide bonds. The van der Waals surface area contributed by atoms with E-state index in [1.165, 1.54) is 12.8 Å². The maximum absolute atomic E-state index is 5.91. The molecule has 1 aromatic rings. The van der Waals surface area contributed by atoms with Crippen LogP contribution in [0.4, 0.5) is 5.82 Å². The molecule has 0 aliphatic carbocycles. The van der Waals surface area contributed by atoms with Crippen molar-refractivity contribution in [2.75, 3.05) is 18.5 Å². The van der Waals surface area contributed by atoms with Crippen molar-refractivity contribution in [3.8, 4) is 5.88 Å². The van der Waals surface area contributed by atoms with E-state index < -0.39 is 0 Å². The molecular formula is C15H27N3O. The third-order valence-electron chi connectivity index (χ3n) is 3.05. The van der Waals surface area contributed by atoms with E-state index in [2.05, 4.69) is 49.9 Å². The highest BCUT2D eigenvalue weighted by molar-refractivity contribution is 5.50. The monoisotopic (exact) mass is 265 g/mol. The molecule has 108 valence electrons. The maximum Gasteiger partial charge on any atom is 0.222 e. The van der Waals surface area contributed by atoms with Crippen LogP contribution in [0.3, 0.4) is 0 Å². The number of nitrogens with one attached hydrogen (secondary N) is 1. The molecule has 1 rings (SSSR count). The van der Waals surface area contributed by atoms with Crippen LogP contribution in [0.15, 0.2) is 6.33 Å². The predicted octanol–water partition coefficient (Wildman–Crippen LogP) is 3.85. The van der Waals surface area contributed by atoms with Crippen molar-refractivity contribution < 1.29 is 4.74 Å². The third-order valence-corrected chi connectivity index (χ3v) is 3.05. The van der Waals surface area contributed by atoms with Crippen molar-refractivity contribution in [1.82, 2.24) is 9.97 Å². The summed E-state index contributed by atoms with van der Waals surface area (Å²) < 4.78 is 5.91. The SMILES string of the molecule is CCCC(C)COc1ncnc(NCC)c1C(C)C. The van der Waals surface area contributed by atoms with Gasteiger partial charge in [-0.15, -0.1) is 0 Å². The van der Waals surface area contributed by atoms with E-state index in [-0.39, 0.29) is 0 Å². The highest BCUT2D eigenvalue weighted by atomic mass is 16.5. The minimum absolute atomic E-state index is 0.340. The Balaban J connectivity index is 2.84. The number of ether oxygens (including phenoxy) is 1. The Hall–Kier alpha value is -1.32. The van der Waals surface area contributed by atoms with Crippen LogP contribution in [-0.2, 0) is 0 Å². The second-order valence-electron chi connectivity index (χ2n) is 5.33. The Labute approximate surface area is 117 Å². The Morgan fingerprint density at radius 1 is 1.21 bits per heavy atom. The molecular weight excluding hydrogens is 238 g/mol. The van der Waals surface area contributed by atoms with Crippen LogP contribution in [-0.4, -0.2) is 23.1 Å². The number of nitrogens with zero attached hydrogens (tertiary/aromatic N) is 2. The number of hydrogen-bond donors (Lipinski definition) is 1. The van der Waals surface area contributed by atoms with Gasteiger partial charge in [-0.25, -0.2) is 9.97 Å². The smallest absolute Gasteiger partial charge is 0.222 e. The van der Waals surface area contributed by atoms with Crippen LogP contribution in [0.2, 0.25) is 0 Å². The molecule has 0 bridgehead atoms. The van der Waals surface area contributed by atoms with Crippen LogP contribution < -0.4 is 10.1 Å². The first-order valence-electron chi connectivity index (χ1n) is 7.31. The molecule has 19 heavy (non-hydrogen) atoms. The summed E-state index contributed by atoms with van der Waals surface area (Å²) in [6.45, 7) is 12.3. The molecule has 0 aromatic carbocycles. The first kappa shape index (κ1) is 15.7. The molecule has 1 aromatic heterocycles. The summed E-state index contributed by atoms with van der Waals surface area (Å²) in [5.41, 5.74) is 1.08. The molecule has 0 saturated heterocycles. The zero-order valence-electron chi connectivity index (χ0n) is 12.9. The second-order valence-corrected chi connectivity index (χ2v) is 5.33. The first-order chi connectivity index (χ1) is 9.10. The van der Waals surface area contributed by atoms with Crippen LogP contribution in [0.25, 0.3) is 0 Å². The van der Waals surface area contributed by atoms with Crippen molar-refractivity contribution >= 4 is 5.82 Å². The minimum atomic E-state index is 0.340. The van der Waals surface area contributed by atoms with Crippen molar-refractivity contribution in [2.24, 2.45) is 5.92 Å². The molecule has 1 unspecified atom stereocenters. The largest absolute Gasteiger partial charge is 0.477 e. The topological polar surface area (TPSA) is 47.0 Å². The number of hydrogen-bond acceptors (Lipinski definition) is 4. The summed E-state index contributed by atoms with van der Waals surface area (Å²) in [6, 6.07) is 0. The van der Waals surface area contributed by atoms with Crippen molar-refractivity contribution in [3.63, 3.8) is 0 Å². The van der Waals surface area contributed by atoms with Gasteiger partial charge >= 0.3 is 0 Å². The van der Waals surface area contributed by atoms with Gasteiger partial charge in [0, 0.05) is 6.54 Å². The lowest BCUT2D eigenvalue weighted by atomic mass is 10.0.